The summed E-state index contributed by atoms with van der Waals surface area (Å²) in [5, 5.41) is 3.66. The van der Waals surface area contributed by atoms with Gasteiger partial charge in [0, 0.05) is 37.5 Å². The van der Waals surface area contributed by atoms with Crippen LogP contribution >= 0.6 is 23.1 Å². The van der Waals surface area contributed by atoms with E-state index in [2.05, 4.69) is 16.0 Å². The van der Waals surface area contributed by atoms with Gasteiger partial charge in [0.2, 0.25) is 5.91 Å². The van der Waals surface area contributed by atoms with Crippen LogP contribution in [0.5, 0.6) is 0 Å². The molecule has 0 aliphatic heterocycles. The molecule has 0 spiro atoms. The first-order valence-electron chi connectivity index (χ1n) is 7.88. The molecule has 25 heavy (non-hydrogen) atoms. The minimum Gasteiger partial charge on any atom is -0.329 e. The van der Waals surface area contributed by atoms with E-state index in [-0.39, 0.29) is 5.91 Å². The van der Waals surface area contributed by atoms with Crippen molar-refractivity contribution in [2.75, 3.05) is 4.90 Å². The zero-order valence-corrected chi connectivity index (χ0v) is 16.3. The molecule has 2 aromatic heterocycles. The Morgan fingerprint density at radius 1 is 1.36 bits per heavy atom. The van der Waals surface area contributed by atoms with E-state index in [4.69, 9.17) is 0 Å². The number of benzene rings is 1. The van der Waals surface area contributed by atoms with Crippen molar-refractivity contribution in [2.24, 2.45) is 7.05 Å². The molecule has 0 aliphatic carbocycles. The molecule has 130 valence electrons. The lowest BCUT2D eigenvalue weighted by atomic mass is 10.1. The fourth-order valence-corrected chi connectivity index (χ4v) is 4.37. The third-order valence-corrected chi connectivity index (χ3v) is 5.73. The fourth-order valence-electron chi connectivity index (χ4n) is 2.56. The molecule has 0 fully saturated rings. The zero-order valence-electron chi connectivity index (χ0n) is 14.7. The molecular formula is C18H20N4OS2. The number of nitrogens with zero attached hydrogens (tertiary/aromatic N) is 4. The highest BCUT2D eigenvalue weighted by Gasteiger charge is 2.19. The Morgan fingerprint density at radius 3 is 2.80 bits per heavy atom. The molecule has 0 radical (unpaired) electrons. The third kappa shape index (κ3) is 3.93. The fraction of sp³-hybridized carbons (Fsp3) is 0.278. The standard InChI is InChI=1S/C18H20N4OS2/c1-12-5-6-16(13(2)9-12)22(14(3)23)18-20-15(11-25-18)10-24-17-19-7-8-21(17)4/h5-9,11H,10H2,1-4H3. The number of aromatic nitrogens is 3. The van der Waals surface area contributed by atoms with Crippen molar-refractivity contribution in [1.82, 2.24) is 14.5 Å². The number of hydrogen-bond acceptors (Lipinski definition) is 5. The van der Waals surface area contributed by atoms with Gasteiger partial charge in [-0.15, -0.1) is 11.3 Å². The van der Waals surface area contributed by atoms with Crippen molar-refractivity contribution >= 4 is 39.8 Å². The van der Waals surface area contributed by atoms with E-state index in [1.807, 2.05) is 49.2 Å². The summed E-state index contributed by atoms with van der Waals surface area (Å²) in [6.45, 7) is 5.64. The molecule has 0 bridgehead atoms. The van der Waals surface area contributed by atoms with Gasteiger partial charge >= 0.3 is 0 Å². The number of rotatable bonds is 5. The molecule has 0 atom stereocenters. The Labute approximate surface area is 155 Å². The highest BCUT2D eigenvalue weighted by atomic mass is 32.2. The molecule has 0 saturated heterocycles. The first-order valence-corrected chi connectivity index (χ1v) is 9.74. The molecule has 7 heteroatoms. The van der Waals surface area contributed by atoms with E-state index in [0.29, 0.717) is 5.13 Å². The van der Waals surface area contributed by atoms with Crippen LogP contribution in [-0.2, 0) is 17.6 Å². The molecule has 3 rings (SSSR count). The van der Waals surface area contributed by atoms with Gasteiger partial charge < -0.3 is 4.57 Å². The van der Waals surface area contributed by atoms with Crippen molar-refractivity contribution in [3.05, 3.63) is 52.8 Å². The van der Waals surface area contributed by atoms with Crippen molar-refractivity contribution in [3.8, 4) is 0 Å². The van der Waals surface area contributed by atoms with Crippen LogP contribution < -0.4 is 4.90 Å². The quantitative estimate of drug-likeness (QED) is 0.620. The lowest BCUT2D eigenvalue weighted by Gasteiger charge is -2.20. The van der Waals surface area contributed by atoms with Crippen LogP contribution in [0.4, 0.5) is 10.8 Å². The first kappa shape index (κ1) is 17.7. The third-order valence-electron chi connectivity index (χ3n) is 3.77. The summed E-state index contributed by atoms with van der Waals surface area (Å²) in [5.74, 6) is 0.685. The number of aryl methyl sites for hydroxylation is 3. The number of thioether (sulfide) groups is 1. The Morgan fingerprint density at radius 2 is 2.16 bits per heavy atom. The minimum atomic E-state index is -0.0374. The van der Waals surface area contributed by atoms with Crippen LogP contribution in [0, 0.1) is 13.8 Å². The van der Waals surface area contributed by atoms with Crippen molar-refractivity contribution in [3.63, 3.8) is 0 Å². The van der Waals surface area contributed by atoms with Gasteiger partial charge in [0.1, 0.15) is 0 Å². The second-order valence-electron chi connectivity index (χ2n) is 5.88. The zero-order chi connectivity index (χ0) is 18.0. The summed E-state index contributed by atoms with van der Waals surface area (Å²) in [5.41, 5.74) is 4.07. The topological polar surface area (TPSA) is 51.0 Å². The Kier molecular flexibility index (Phi) is 5.24. The lowest BCUT2D eigenvalue weighted by molar-refractivity contribution is -0.115. The summed E-state index contributed by atoms with van der Waals surface area (Å²) < 4.78 is 1.98. The normalized spacial score (nSPS) is 10.9. The van der Waals surface area contributed by atoms with Crippen molar-refractivity contribution < 1.29 is 4.79 Å². The summed E-state index contributed by atoms with van der Waals surface area (Å²) in [6, 6.07) is 6.08. The van der Waals surface area contributed by atoms with E-state index in [9.17, 15) is 4.79 Å². The second kappa shape index (κ2) is 7.41. The van der Waals surface area contributed by atoms with Gasteiger partial charge in [-0.2, -0.15) is 0 Å². The van der Waals surface area contributed by atoms with Gasteiger partial charge in [-0.05, 0) is 25.5 Å². The molecule has 3 aromatic rings. The van der Waals surface area contributed by atoms with E-state index in [1.54, 1.807) is 29.8 Å². The molecule has 0 saturated carbocycles. The minimum absolute atomic E-state index is 0.0374. The summed E-state index contributed by atoms with van der Waals surface area (Å²) in [4.78, 5) is 22.9. The monoisotopic (exact) mass is 372 g/mol. The maximum absolute atomic E-state index is 12.3. The van der Waals surface area contributed by atoms with E-state index in [1.165, 1.54) is 16.9 Å². The molecule has 0 unspecified atom stereocenters. The number of anilines is 2. The van der Waals surface area contributed by atoms with Crippen LogP contribution in [0.25, 0.3) is 0 Å². The average Bonchev–Trinajstić information content (AvgIpc) is 3.16. The van der Waals surface area contributed by atoms with Crippen molar-refractivity contribution in [1.29, 1.82) is 0 Å². The molecule has 1 aromatic carbocycles. The SMILES string of the molecule is CC(=O)N(c1nc(CSc2nccn2C)cs1)c1ccc(C)cc1C. The van der Waals surface area contributed by atoms with Gasteiger partial charge in [0.05, 0.1) is 11.4 Å². The number of imidazole rings is 1. The highest BCUT2D eigenvalue weighted by Crippen LogP contribution is 2.33. The van der Waals surface area contributed by atoms with Gasteiger partial charge in [-0.25, -0.2) is 9.97 Å². The van der Waals surface area contributed by atoms with Crippen LogP contribution in [0.1, 0.15) is 23.7 Å². The van der Waals surface area contributed by atoms with Gasteiger partial charge in [-0.1, -0.05) is 29.5 Å². The number of hydrogen-bond donors (Lipinski definition) is 0. The number of thiazole rings is 1. The Bertz CT molecular complexity index is 900. The number of amides is 1. The molecule has 0 aliphatic rings. The lowest BCUT2D eigenvalue weighted by Crippen LogP contribution is -2.23. The summed E-state index contributed by atoms with van der Waals surface area (Å²) >= 11 is 3.12. The van der Waals surface area contributed by atoms with Crippen LogP contribution in [-0.4, -0.2) is 20.4 Å². The number of carbonyl (C=O) groups is 1. The maximum atomic E-state index is 12.3. The first-order chi connectivity index (χ1) is 12.0. The highest BCUT2D eigenvalue weighted by molar-refractivity contribution is 7.98. The molecule has 5 nitrogen and oxygen atoms in total. The second-order valence-corrected chi connectivity index (χ2v) is 7.65. The maximum Gasteiger partial charge on any atom is 0.230 e. The van der Waals surface area contributed by atoms with E-state index < -0.39 is 0 Å². The van der Waals surface area contributed by atoms with E-state index >= 15 is 0 Å². The molecule has 2 heterocycles. The van der Waals surface area contributed by atoms with Crippen LogP contribution in [0.15, 0.2) is 41.1 Å². The largest absolute Gasteiger partial charge is 0.329 e. The molecule has 1 amide bonds. The van der Waals surface area contributed by atoms with Gasteiger partial charge in [0.25, 0.3) is 0 Å². The molecular weight excluding hydrogens is 352 g/mol. The van der Waals surface area contributed by atoms with Crippen LogP contribution in [0.2, 0.25) is 0 Å². The Balaban J connectivity index is 1.82. The Hall–Kier alpha value is -2.12. The average molecular weight is 373 g/mol. The van der Waals surface area contributed by atoms with Gasteiger partial charge in [-0.3, -0.25) is 9.69 Å². The number of carbonyl (C=O) groups excluding carboxylic acids is 1. The summed E-state index contributed by atoms with van der Waals surface area (Å²) in [6.07, 6.45) is 3.71. The smallest absolute Gasteiger partial charge is 0.230 e. The van der Waals surface area contributed by atoms with Crippen LogP contribution in [0.3, 0.4) is 0 Å². The van der Waals surface area contributed by atoms with E-state index in [0.717, 1.165) is 27.9 Å². The summed E-state index contributed by atoms with van der Waals surface area (Å²) in [7, 11) is 1.97. The van der Waals surface area contributed by atoms with Gasteiger partial charge in [0.15, 0.2) is 10.3 Å². The predicted octanol–water partition coefficient (Wildman–Crippen LogP) is 4.47. The molecule has 0 N–H and O–H groups in total. The van der Waals surface area contributed by atoms with Crippen molar-refractivity contribution in [2.45, 2.75) is 31.7 Å². The predicted molar refractivity (Wildman–Crippen MR) is 104 cm³/mol.